The highest BCUT2D eigenvalue weighted by Crippen LogP contribution is 2.47. The monoisotopic (exact) mass is 293 g/mol. The number of rotatable bonds is 7. The van der Waals surface area contributed by atoms with Crippen LogP contribution in [0.4, 0.5) is 5.69 Å². The molecule has 18 heavy (non-hydrogen) atoms. The largest absolute Gasteiger partial charge is 0.424 e. The lowest BCUT2D eigenvalue weighted by Crippen LogP contribution is -2.02. The molecule has 1 aromatic carbocycles. The van der Waals surface area contributed by atoms with Crippen LogP contribution in [0.3, 0.4) is 0 Å². The molecule has 0 aromatic heterocycles. The third-order valence-corrected chi connectivity index (χ3v) is 4.04. The number of benzene rings is 1. The Labute approximate surface area is 110 Å². The van der Waals surface area contributed by atoms with Crippen LogP contribution in [0.1, 0.15) is 6.92 Å². The van der Waals surface area contributed by atoms with Crippen LogP contribution in [0.2, 0.25) is 0 Å². The number of hydrogen-bond donors (Lipinski definition) is 0. The van der Waals surface area contributed by atoms with E-state index in [1.54, 1.807) is 6.92 Å². The van der Waals surface area contributed by atoms with E-state index in [2.05, 4.69) is 0 Å². The first-order chi connectivity index (χ1) is 8.50. The summed E-state index contributed by atoms with van der Waals surface area (Å²) >= 11 is 5.45. The first-order valence-electron chi connectivity index (χ1n) is 5.24. The maximum atomic E-state index is 12.1. The van der Waals surface area contributed by atoms with E-state index in [0.717, 1.165) is 0 Å². The van der Waals surface area contributed by atoms with E-state index in [9.17, 15) is 14.7 Å². The van der Waals surface area contributed by atoms with Gasteiger partial charge in [-0.25, -0.2) is 4.57 Å². The summed E-state index contributed by atoms with van der Waals surface area (Å²) in [5, 5.41) is 10.5. The van der Waals surface area contributed by atoms with Gasteiger partial charge in [0.05, 0.1) is 17.7 Å². The van der Waals surface area contributed by atoms with Crippen LogP contribution in [0, 0.1) is 10.1 Å². The lowest BCUT2D eigenvalue weighted by Gasteiger charge is -2.17. The van der Waals surface area contributed by atoms with E-state index in [-0.39, 0.29) is 30.1 Å². The smallest absolute Gasteiger partial charge is 0.378 e. The molecule has 0 bridgehead atoms. The Balaban J connectivity index is 2.76. The molecule has 0 amide bonds. The SMILES string of the molecule is CCP(=O)(OCCCl)Oc1ccc([N+](=O)[O-])cc1. The van der Waals surface area contributed by atoms with Gasteiger partial charge in [0.1, 0.15) is 5.75 Å². The fourth-order valence-corrected chi connectivity index (χ4v) is 2.51. The molecule has 0 fully saturated rings. The summed E-state index contributed by atoms with van der Waals surface area (Å²) < 4.78 is 22.4. The summed E-state index contributed by atoms with van der Waals surface area (Å²) in [6, 6.07) is 5.31. The Hall–Kier alpha value is -1.10. The van der Waals surface area contributed by atoms with Crippen molar-refractivity contribution >= 4 is 24.9 Å². The molecule has 0 spiro atoms. The molecular formula is C10H13ClNO5P. The molecule has 1 unspecified atom stereocenters. The number of alkyl halides is 1. The minimum absolute atomic E-state index is 0.0599. The number of halogens is 1. The molecule has 0 aliphatic heterocycles. The predicted molar refractivity (Wildman–Crippen MR) is 68.5 cm³/mol. The highest BCUT2D eigenvalue weighted by molar-refractivity contribution is 7.54. The van der Waals surface area contributed by atoms with E-state index < -0.39 is 12.5 Å². The lowest BCUT2D eigenvalue weighted by atomic mass is 10.3. The van der Waals surface area contributed by atoms with Gasteiger partial charge in [-0.3, -0.25) is 14.6 Å². The molecule has 1 atom stereocenters. The minimum Gasteiger partial charge on any atom is -0.424 e. The van der Waals surface area contributed by atoms with Gasteiger partial charge >= 0.3 is 7.60 Å². The summed E-state index contributed by atoms with van der Waals surface area (Å²) in [4.78, 5) is 9.94. The molecule has 1 rings (SSSR count). The zero-order chi connectivity index (χ0) is 13.6. The molecule has 0 radical (unpaired) electrons. The van der Waals surface area contributed by atoms with Gasteiger partial charge < -0.3 is 4.52 Å². The van der Waals surface area contributed by atoms with Crippen molar-refractivity contribution in [2.24, 2.45) is 0 Å². The van der Waals surface area contributed by atoms with Crippen LogP contribution in [0.15, 0.2) is 24.3 Å². The van der Waals surface area contributed by atoms with Crippen LogP contribution in [-0.4, -0.2) is 23.6 Å². The average molecular weight is 294 g/mol. The second kappa shape index (κ2) is 6.73. The summed E-state index contributed by atoms with van der Waals surface area (Å²) in [5.74, 6) is 0.480. The van der Waals surface area contributed by atoms with Crippen LogP contribution >= 0.6 is 19.2 Å². The molecule has 100 valence electrons. The van der Waals surface area contributed by atoms with Gasteiger partial charge in [0.15, 0.2) is 0 Å². The number of nitro benzene ring substituents is 1. The maximum absolute atomic E-state index is 12.1. The Kier molecular flexibility index (Phi) is 5.59. The van der Waals surface area contributed by atoms with Crippen molar-refractivity contribution in [2.45, 2.75) is 6.92 Å². The third-order valence-electron chi connectivity index (χ3n) is 2.04. The molecule has 8 heteroatoms. The molecular weight excluding hydrogens is 281 g/mol. The highest BCUT2D eigenvalue weighted by Gasteiger charge is 2.23. The van der Waals surface area contributed by atoms with Crippen molar-refractivity contribution < 1.29 is 18.5 Å². The number of nitrogens with zero attached hydrogens (tertiary/aromatic N) is 1. The van der Waals surface area contributed by atoms with Gasteiger partial charge in [0, 0.05) is 18.0 Å². The zero-order valence-electron chi connectivity index (χ0n) is 9.74. The van der Waals surface area contributed by atoms with Crippen molar-refractivity contribution in [1.82, 2.24) is 0 Å². The van der Waals surface area contributed by atoms with Gasteiger partial charge in [-0.05, 0) is 12.1 Å². The van der Waals surface area contributed by atoms with E-state index in [0.29, 0.717) is 0 Å². The first-order valence-corrected chi connectivity index (χ1v) is 7.50. The van der Waals surface area contributed by atoms with Gasteiger partial charge in [-0.1, -0.05) is 6.92 Å². The van der Waals surface area contributed by atoms with E-state index in [1.165, 1.54) is 24.3 Å². The van der Waals surface area contributed by atoms with Crippen LogP contribution in [0.25, 0.3) is 0 Å². The van der Waals surface area contributed by atoms with Gasteiger partial charge in [0.2, 0.25) is 0 Å². The molecule has 0 saturated heterocycles. The van der Waals surface area contributed by atoms with Gasteiger partial charge in [-0.15, -0.1) is 11.6 Å². The Morgan fingerprint density at radius 3 is 2.44 bits per heavy atom. The summed E-state index contributed by atoms with van der Waals surface area (Å²) in [6.07, 6.45) is 0.195. The van der Waals surface area contributed by atoms with Crippen molar-refractivity contribution in [3.05, 3.63) is 34.4 Å². The second-order valence-corrected chi connectivity index (χ2v) is 5.96. The van der Waals surface area contributed by atoms with Crippen molar-refractivity contribution in [2.75, 3.05) is 18.6 Å². The van der Waals surface area contributed by atoms with E-state index in [4.69, 9.17) is 20.6 Å². The second-order valence-electron chi connectivity index (χ2n) is 3.29. The zero-order valence-corrected chi connectivity index (χ0v) is 11.4. The van der Waals surface area contributed by atoms with Crippen LogP contribution in [-0.2, 0) is 9.09 Å². The maximum Gasteiger partial charge on any atom is 0.378 e. The predicted octanol–water partition coefficient (Wildman–Crippen LogP) is 3.44. The molecule has 0 N–H and O–H groups in total. The molecule has 0 saturated carbocycles. The highest BCUT2D eigenvalue weighted by atomic mass is 35.5. The number of non-ortho nitro benzene ring substituents is 1. The molecule has 1 aromatic rings. The summed E-state index contributed by atoms with van der Waals surface area (Å²) in [6.45, 7) is 1.79. The molecule has 0 aliphatic rings. The Bertz CT molecular complexity index is 450. The Morgan fingerprint density at radius 2 is 2.00 bits per heavy atom. The van der Waals surface area contributed by atoms with E-state index in [1.807, 2.05) is 0 Å². The molecule has 6 nitrogen and oxygen atoms in total. The topological polar surface area (TPSA) is 78.7 Å². The van der Waals surface area contributed by atoms with Crippen molar-refractivity contribution in [1.29, 1.82) is 0 Å². The first kappa shape index (κ1) is 15.0. The molecule has 0 heterocycles. The minimum atomic E-state index is -3.23. The molecule has 0 aliphatic carbocycles. The Morgan fingerprint density at radius 1 is 1.39 bits per heavy atom. The number of nitro groups is 1. The fraction of sp³-hybridized carbons (Fsp3) is 0.400. The van der Waals surface area contributed by atoms with Crippen molar-refractivity contribution in [3.8, 4) is 5.75 Å². The normalized spacial score (nSPS) is 13.9. The lowest BCUT2D eigenvalue weighted by molar-refractivity contribution is -0.384. The third kappa shape index (κ3) is 4.29. The van der Waals surface area contributed by atoms with Gasteiger partial charge in [0.25, 0.3) is 5.69 Å². The average Bonchev–Trinajstić information content (AvgIpc) is 2.37. The fourth-order valence-electron chi connectivity index (χ4n) is 1.15. The standard InChI is InChI=1S/C10H13ClNO5P/c1-2-18(15,16-8-7-11)17-10-5-3-9(4-6-10)12(13)14/h3-6H,2,7-8H2,1H3. The van der Waals surface area contributed by atoms with Crippen molar-refractivity contribution in [3.63, 3.8) is 0 Å². The summed E-state index contributed by atoms with van der Waals surface area (Å²) in [7, 11) is -3.23. The quantitative estimate of drug-likeness (QED) is 0.333. The summed E-state index contributed by atoms with van der Waals surface area (Å²) in [5.41, 5.74) is -0.0599. The van der Waals surface area contributed by atoms with Crippen LogP contribution in [0.5, 0.6) is 5.75 Å². The van der Waals surface area contributed by atoms with E-state index >= 15 is 0 Å². The number of hydrogen-bond acceptors (Lipinski definition) is 5. The van der Waals surface area contributed by atoms with Gasteiger partial charge in [-0.2, -0.15) is 0 Å². The van der Waals surface area contributed by atoms with Crippen LogP contribution < -0.4 is 4.52 Å².